The zero-order valence-corrected chi connectivity index (χ0v) is 5.02. The Labute approximate surface area is 49.8 Å². The van der Waals surface area contributed by atoms with E-state index in [9.17, 15) is 4.79 Å². The Balaban J connectivity index is 3.18. The molecule has 0 heterocycles. The average molecular weight is 112 g/mol. The summed E-state index contributed by atoms with van der Waals surface area (Å²) in [5.41, 5.74) is 0. The van der Waals surface area contributed by atoms with Crippen molar-refractivity contribution in [3.8, 4) is 0 Å². The van der Waals surface area contributed by atoms with Crippen LogP contribution in [0.15, 0.2) is 12.6 Å². The molecular weight excluding hydrogens is 103 g/mol. The van der Waals surface area contributed by atoms with Crippen molar-refractivity contribution in [2.24, 2.45) is 0 Å². The van der Waals surface area contributed by atoms with Gasteiger partial charge in [0.15, 0.2) is 0 Å². The van der Waals surface area contributed by atoms with E-state index in [1.807, 2.05) is 0 Å². The predicted octanol–water partition coefficient (Wildman–Crippen LogP) is 0.723. The maximum atomic E-state index is 10.3. The molecule has 2 nitrogen and oxygen atoms in total. The van der Waals surface area contributed by atoms with Gasteiger partial charge in [0.2, 0.25) is 0 Å². The van der Waals surface area contributed by atoms with Crippen molar-refractivity contribution >= 4 is 13.1 Å². The molecule has 0 saturated carbocycles. The molecule has 0 saturated heterocycles. The van der Waals surface area contributed by atoms with Crippen LogP contribution < -0.4 is 0 Å². The van der Waals surface area contributed by atoms with Crippen molar-refractivity contribution in [1.29, 1.82) is 0 Å². The first-order valence-electron chi connectivity index (χ1n) is 2.57. The standard InChI is InChI=1S/C5H9BO2/c1-3-6-5(7)8-4-2/h3,6H,1,4H2,2H3. The second-order valence-electron chi connectivity index (χ2n) is 1.30. The topological polar surface area (TPSA) is 26.3 Å². The van der Waals surface area contributed by atoms with Crippen LogP contribution in [-0.4, -0.2) is 19.8 Å². The molecule has 0 aliphatic carbocycles. The fraction of sp³-hybridized carbons (Fsp3) is 0.400. The summed E-state index contributed by atoms with van der Waals surface area (Å²) in [5, 5.41) is 0. The molecule has 0 N–H and O–H groups in total. The van der Waals surface area contributed by atoms with Crippen LogP contribution in [0.3, 0.4) is 0 Å². The normalized spacial score (nSPS) is 7.62. The molecule has 0 aromatic carbocycles. The Kier molecular flexibility index (Phi) is 4.03. The summed E-state index contributed by atoms with van der Waals surface area (Å²) in [7, 11) is 0.313. The SMILES string of the molecule is C=CBC(=O)OCC. The lowest BCUT2D eigenvalue weighted by atomic mass is 9.80. The molecule has 0 bridgehead atoms. The van der Waals surface area contributed by atoms with Crippen LogP contribution in [0.4, 0.5) is 4.79 Å². The van der Waals surface area contributed by atoms with E-state index in [0.717, 1.165) is 0 Å². The zero-order valence-electron chi connectivity index (χ0n) is 5.02. The molecule has 3 heteroatoms. The fourth-order valence-electron chi connectivity index (χ4n) is 0.338. The second kappa shape index (κ2) is 4.43. The van der Waals surface area contributed by atoms with E-state index >= 15 is 0 Å². The summed E-state index contributed by atoms with van der Waals surface area (Å²) in [6.07, 6.45) is 0. The lowest BCUT2D eigenvalue weighted by Crippen LogP contribution is -2.07. The first-order valence-corrected chi connectivity index (χ1v) is 2.57. The highest BCUT2D eigenvalue weighted by molar-refractivity contribution is 6.75. The van der Waals surface area contributed by atoms with Crippen molar-refractivity contribution in [1.82, 2.24) is 0 Å². The summed E-state index contributed by atoms with van der Waals surface area (Å²) in [6.45, 7) is 5.61. The van der Waals surface area contributed by atoms with Gasteiger partial charge in [0.1, 0.15) is 0 Å². The van der Waals surface area contributed by atoms with Gasteiger partial charge in [0, 0.05) is 0 Å². The first kappa shape index (κ1) is 7.27. The average Bonchev–Trinajstić information content (AvgIpc) is 1.68. The minimum Gasteiger partial charge on any atom is -0.474 e. The molecular formula is C5H9BO2. The van der Waals surface area contributed by atoms with Gasteiger partial charge in [-0.3, -0.25) is 4.79 Å². The van der Waals surface area contributed by atoms with E-state index in [0.29, 0.717) is 13.9 Å². The largest absolute Gasteiger partial charge is 0.474 e. The zero-order chi connectivity index (χ0) is 6.41. The Hall–Kier alpha value is -0.725. The Morgan fingerprint density at radius 3 is 3.00 bits per heavy atom. The van der Waals surface area contributed by atoms with Crippen molar-refractivity contribution in [2.75, 3.05) is 6.61 Å². The molecule has 0 spiro atoms. The Morgan fingerprint density at radius 2 is 2.62 bits per heavy atom. The maximum absolute atomic E-state index is 10.3. The highest BCUT2D eigenvalue weighted by Crippen LogP contribution is 1.77. The Morgan fingerprint density at radius 1 is 2.00 bits per heavy atom. The molecule has 0 amide bonds. The van der Waals surface area contributed by atoms with Gasteiger partial charge in [-0.2, -0.15) is 0 Å². The summed E-state index contributed by atoms with van der Waals surface area (Å²) in [6, 6.07) is 0. The van der Waals surface area contributed by atoms with Gasteiger partial charge in [-0.15, -0.1) is 12.6 Å². The summed E-state index contributed by atoms with van der Waals surface area (Å²) in [4.78, 5) is 10.3. The second-order valence-corrected chi connectivity index (χ2v) is 1.30. The van der Waals surface area contributed by atoms with E-state index < -0.39 is 0 Å². The first-order chi connectivity index (χ1) is 3.81. The van der Waals surface area contributed by atoms with E-state index in [1.54, 1.807) is 6.92 Å². The van der Waals surface area contributed by atoms with Crippen LogP contribution >= 0.6 is 0 Å². The van der Waals surface area contributed by atoms with E-state index in [4.69, 9.17) is 0 Å². The lowest BCUT2D eigenvalue weighted by molar-refractivity contribution is 0.179. The van der Waals surface area contributed by atoms with Crippen LogP contribution in [0.5, 0.6) is 0 Å². The monoisotopic (exact) mass is 112 g/mol. The molecule has 0 aromatic rings. The molecule has 0 fully saturated rings. The summed E-state index contributed by atoms with van der Waals surface area (Å²) in [5.74, 6) is 1.32. The third-order valence-corrected chi connectivity index (χ3v) is 0.616. The van der Waals surface area contributed by atoms with Crippen LogP contribution in [-0.2, 0) is 4.74 Å². The molecule has 0 aliphatic rings. The quantitative estimate of drug-likeness (QED) is 0.503. The van der Waals surface area contributed by atoms with Gasteiger partial charge in [0.25, 0.3) is 13.1 Å². The molecule has 0 unspecified atom stereocenters. The summed E-state index contributed by atoms with van der Waals surface area (Å²) >= 11 is 0. The Bertz CT molecular complexity index is 90.4. The highest BCUT2D eigenvalue weighted by Gasteiger charge is 1.96. The van der Waals surface area contributed by atoms with Crippen molar-refractivity contribution in [3.05, 3.63) is 12.6 Å². The molecule has 0 atom stereocenters. The number of rotatable bonds is 3. The smallest absolute Gasteiger partial charge is 0.284 e. The predicted molar refractivity (Wildman–Crippen MR) is 34.4 cm³/mol. The van der Waals surface area contributed by atoms with Gasteiger partial charge in [-0.05, 0) is 6.92 Å². The van der Waals surface area contributed by atoms with Gasteiger partial charge in [-0.1, -0.05) is 0 Å². The van der Waals surface area contributed by atoms with Gasteiger partial charge in [0.05, 0.1) is 6.61 Å². The molecule has 8 heavy (non-hydrogen) atoms. The van der Waals surface area contributed by atoms with Gasteiger partial charge < -0.3 is 4.74 Å². The van der Waals surface area contributed by atoms with Crippen molar-refractivity contribution in [2.45, 2.75) is 6.92 Å². The minimum absolute atomic E-state index is 0.206. The van der Waals surface area contributed by atoms with Gasteiger partial charge in [-0.25, -0.2) is 0 Å². The lowest BCUT2D eigenvalue weighted by Gasteiger charge is -1.94. The highest BCUT2D eigenvalue weighted by atomic mass is 16.5. The molecule has 0 aromatic heterocycles. The maximum Gasteiger partial charge on any atom is 0.284 e. The van der Waals surface area contributed by atoms with Crippen molar-refractivity contribution < 1.29 is 9.53 Å². The molecule has 0 radical (unpaired) electrons. The number of carbonyl (C=O) groups is 1. The van der Waals surface area contributed by atoms with Crippen LogP contribution in [0, 0.1) is 0 Å². The fourth-order valence-corrected chi connectivity index (χ4v) is 0.338. The third kappa shape index (κ3) is 3.46. The van der Waals surface area contributed by atoms with Gasteiger partial charge >= 0.3 is 0 Å². The number of hydrogen-bond acceptors (Lipinski definition) is 2. The van der Waals surface area contributed by atoms with Crippen molar-refractivity contribution in [3.63, 3.8) is 0 Å². The number of hydrogen-bond donors (Lipinski definition) is 0. The van der Waals surface area contributed by atoms with Crippen LogP contribution in [0.2, 0.25) is 0 Å². The third-order valence-electron chi connectivity index (χ3n) is 0.616. The van der Waals surface area contributed by atoms with Crippen LogP contribution in [0.1, 0.15) is 6.92 Å². The van der Waals surface area contributed by atoms with E-state index in [1.165, 1.54) is 5.98 Å². The molecule has 0 rings (SSSR count). The molecule has 44 valence electrons. The summed E-state index contributed by atoms with van der Waals surface area (Å²) < 4.78 is 4.57. The molecule has 0 aliphatic heterocycles. The number of carbonyl (C=O) groups excluding carboxylic acids is 1. The van der Waals surface area contributed by atoms with E-state index in [2.05, 4.69) is 11.3 Å². The van der Waals surface area contributed by atoms with Crippen LogP contribution in [0.25, 0.3) is 0 Å². The number of ether oxygens (including phenoxy) is 1. The van der Waals surface area contributed by atoms with E-state index in [-0.39, 0.29) is 5.87 Å². The minimum atomic E-state index is -0.206.